The van der Waals surface area contributed by atoms with Crippen molar-refractivity contribution in [2.24, 2.45) is 0 Å². The molecule has 196 valence electrons. The van der Waals surface area contributed by atoms with Crippen molar-refractivity contribution in [1.82, 2.24) is 5.32 Å². The lowest BCUT2D eigenvalue weighted by atomic mass is 9.76. The molecule has 0 aliphatic heterocycles. The van der Waals surface area contributed by atoms with E-state index in [9.17, 15) is 9.59 Å². The molecule has 0 radical (unpaired) electrons. The lowest BCUT2D eigenvalue weighted by Crippen LogP contribution is -2.45. The average Bonchev–Trinajstić information content (AvgIpc) is 2.91. The summed E-state index contributed by atoms with van der Waals surface area (Å²) in [5, 5.41) is 22.2. The number of hydrogen-bond acceptors (Lipinski definition) is 4. The summed E-state index contributed by atoms with van der Waals surface area (Å²) in [6, 6.07) is 29.2. The van der Waals surface area contributed by atoms with Crippen LogP contribution in [0.2, 0.25) is 0 Å². The maximum Gasteiger partial charge on any atom is 0.303 e. The molecule has 3 N–H and O–H groups in total. The Labute approximate surface area is 220 Å². The number of nitrogens with one attached hydrogen (secondary N) is 1. The molecule has 0 spiro atoms. The van der Waals surface area contributed by atoms with Crippen LogP contribution in [0.15, 0.2) is 84.9 Å². The van der Waals surface area contributed by atoms with Crippen molar-refractivity contribution in [3.05, 3.63) is 102 Å². The van der Waals surface area contributed by atoms with E-state index in [0.29, 0.717) is 25.9 Å². The van der Waals surface area contributed by atoms with Gasteiger partial charge in [0.05, 0.1) is 5.54 Å². The number of benzene rings is 3. The minimum Gasteiger partial charge on any atom is -0.481 e. The van der Waals surface area contributed by atoms with Gasteiger partial charge in [-0.15, -0.1) is 0 Å². The molecule has 37 heavy (non-hydrogen) atoms. The molecule has 6 heteroatoms. The Kier molecular flexibility index (Phi) is 10.7. The lowest BCUT2D eigenvalue weighted by Gasteiger charge is -2.38. The highest BCUT2D eigenvalue weighted by Gasteiger charge is 2.36. The number of carboxylic acid groups (broad SMARTS) is 2. The zero-order chi connectivity index (χ0) is 26.5. The van der Waals surface area contributed by atoms with E-state index in [4.69, 9.17) is 10.2 Å². The molecule has 6 nitrogen and oxygen atoms in total. The SMILES string of the molecule is CCCCNC(c1ccccc1)(c1ccccc1)c1cccc(N(CCCC(=O)O)CCCC(=O)O)c1. The molecule has 0 saturated carbocycles. The van der Waals surface area contributed by atoms with Gasteiger partial charge in [-0.2, -0.15) is 0 Å². The fourth-order valence-electron chi connectivity index (χ4n) is 4.78. The van der Waals surface area contributed by atoms with Crippen LogP contribution in [-0.2, 0) is 15.1 Å². The summed E-state index contributed by atoms with van der Waals surface area (Å²) in [7, 11) is 0. The van der Waals surface area contributed by atoms with Crippen molar-refractivity contribution in [3.8, 4) is 0 Å². The maximum atomic E-state index is 11.1. The van der Waals surface area contributed by atoms with Crippen molar-refractivity contribution in [2.45, 2.75) is 51.0 Å². The van der Waals surface area contributed by atoms with E-state index in [1.165, 1.54) is 0 Å². The topological polar surface area (TPSA) is 89.9 Å². The molecule has 0 atom stereocenters. The standard InChI is InChI=1S/C31H38N2O4/c1-2-3-21-32-31(25-13-6-4-7-14-25,26-15-8-5-9-16-26)27-17-10-18-28(24-27)33(22-11-19-29(34)35)23-12-20-30(36)37/h4-10,13-18,24,32H,2-3,11-12,19-23H2,1H3,(H,34,35)(H,36,37). The molecule has 3 aromatic rings. The van der Waals surface area contributed by atoms with E-state index >= 15 is 0 Å². The van der Waals surface area contributed by atoms with Crippen LogP contribution in [0.3, 0.4) is 0 Å². The minimum atomic E-state index is -0.827. The third kappa shape index (κ3) is 7.67. The first-order valence-corrected chi connectivity index (χ1v) is 13.1. The fraction of sp³-hybridized carbons (Fsp3) is 0.355. The minimum absolute atomic E-state index is 0.0751. The number of rotatable bonds is 16. The first kappa shape index (κ1) is 27.9. The Balaban J connectivity index is 2.08. The van der Waals surface area contributed by atoms with Crippen molar-refractivity contribution in [3.63, 3.8) is 0 Å². The summed E-state index contributed by atoms with van der Waals surface area (Å²) in [5.74, 6) is -1.65. The molecule has 0 fully saturated rings. The average molecular weight is 503 g/mol. The van der Waals surface area contributed by atoms with Gasteiger partial charge in [0.15, 0.2) is 0 Å². The van der Waals surface area contributed by atoms with Crippen LogP contribution in [0, 0.1) is 0 Å². The van der Waals surface area contributed by atoms with Crippen molar-refractivity contribution < 1.29 is 19.8 Å². The van der Waals surface area contributed by atoms with Gasteiger partial charge in [0.25, 0.3) is 0 Å². The highest BCUT2D eigenvalue weighted by Crippen LogP contribution is 2.38. The highest BCUT2D eigenvalue weighted by molar-refractivity contribution is 5.67. The summed E-state index contributed by atoms with van der Waals surface area (Å²) < 4.78 is 0. The van der Waals surface area contributed by atoms with Crippen LogP contribution in [0.1, 0.15) is 62.1 Å². The molecule has 0 heterocycles. The van der Waals surface area contributed by atoms with Gasteiger partial charge in [-0.05, 0) is 54.6 Å². The first-order chi connectivity index (χ1) is 18.0. The van der Waals surface area contributed by atoms with Crippen molar-refractivity contribution >= 4 is 17.6 Å². The summed E-state index contributed by atoms with van der Waals surface area (Å²) in [5.41, 5.74) is 3.74. The normalized spacial score (nSPS) is 11.3. The van der Waals surface area contributed by atoms with Gasteiger partial charge in [0.2, 0.25) is 0 Å². The lowest BCUT2D eigenvalue weighted by molar-refractivity contribution is -0.138. The largest absolute Gasteiger partial charge is 0.481 e. The van der Waals surface area contributed by atoms with Crippen molar-refractivity contribution in [1.29, 1.82) is 0 Å². The Bertz CT molecular complexity index is 1060. The van der Waals surface area contributed by atoms with Gasteiger partial charge in [0.1, 0.15) is 0 Å². The number of carbonyl (C=O) groups is 2. The Morgan fingerprint density at radius 2 is 1.24 bits per heavy atom. The molecule has 0 bridgehead atoms. The van der Waals surface area contributed by atoms with E-state index < -0.39 is 17.5 Å². The number of anilines is 1. The van der Waals surface area contributed by atoms with E-state index in [2.05, 4.69) is 77.8 Å². The molecular formula is C31H38N2O4. The van der Waals surface area contributed by atoms with E-state index in [1.807, 2.05) is 24.3 Å². The molecular weight excluding hydrogens is 464 g/mol. The number of nitrogens with zero attached hydrogens (tertiary/aromatic N) is 1. The van der Waals surface area contributed by atoms with Crippen LogP contribution in [0.5, 0.6) is 0 Å². The smallest absolute Gasteiger partial charge is 0.303 e. The molecule has 0 aliphatic carbocycles. The van der Waals surface area contributed by atoms with E-state index in [-0.39, 0.29) is 12.8 Å². The van der Waals surface area contributed by atoms with Crippen molar-refractivity contribution in [2.75, 3.05) is 24.5 Å². The Morgan fingerprint density at radius 3 is 1.73 bits per heavy atom. The van der Waals surface area contributed by atoms with Gasteiger partial charge >= 0.3 is 11.9 Å². The predicted molar refractivity (Wildman–Crippen MR) is 148 cm³/mol. The maximum absolute atomic E-state index is 11.1. The number of hydrogen-bond donors (Lipinski definition) is 3. The number of unbranched alkanes of at least 4 members (excludes halogenated alkanes) is 1. The van der Waals surface area contributed by atoms with Crippen LogP contribution in [0.25, 0.3) is 0 Å². The van der Waals surface area contributed by atoms with Gasteiger partial charge in [-0.3, -0.25) is 14.9 Å². The van der Waals surface area contributed by atoms with Gasteiger partial charge in [-0.1, -0.05) is 86.1 Å². The quantitative estimate of drug-likeness (QED) is 0.167. The molecule has 0 aliphatic rings. The van der Waals surface area contributed by atoms with Crippen LogP contribution >= 0.6 is 0 Å². The van der Waals surface area contributed by atoms with Crippen LogP contribution in [-0.4, -0.2) is 41.8 Å². The van der Waals surface area contributed by atoms with Crippen LogP contribution < -0.4 is 10.2 Å². The fourth-order valence-corrected chi connectivity index (χ4v) is 4.78. The second-order valence-corrected chi connectivity index (χ2v) is 9.29. The second-order valence-electron chi connectivity index (χ2n) is 9.29. The zero-order valence-corrected chi connectivity index (χ0v) is 21.6. The monoisotopic (exact) mass is 502 g/mol. The second kappa shape index (κ2) is 14.2. The van der Waals surface area contributed by atoms with E-state index in [1.54, 1.807) is 0 Å². The molecule has 0 amide bonds. The third-order valence-corrected chi connectivity index (χ3v) is 6.62. The predicted octanol–water partition coefficient (Wildman–Crippen LogP) is 5.90. The van der Waals surface area contributed by atoms with E-state index in [0.717, 1.165) is 41.8 Å². The van der Waals surface area contributed by atoms with Gasteiger partial charge < -0.3 is 15.1 Å². The highest BCUT2D eigenvalue weighted by atomic mass is 16.4. The number of carboxylic acids is 2. The molecule has 3 rings (SSSR count). The van der Waals surface area contributed by atoms with Crippen LogP contribution in [0.4, 0.5) is 5.69 Å². The summed E-state index contributed by atoms with van der Waals surface area (Å²) in [6.45, 7) is 4.11. The Hall–Kier alpha value is -3.64. The third-order valence-electron chi connectivity index (χ3n) is 6.62. The summed E-state index contributed by atoms with van der Waals surface area (Å²) in [6.07, 6.45) is 3.25. The molecule has 3 aromatic carbocycles. The summed E-state index contributed by atoms with van der Waals surface area (Å²) in [4.78, 5) is 24.4. The first-order valence-electron chi connectivity index (χ1n) is 13.1. The van der Waals surface area contributed by atoms with Gasteiger partial charge in [0, 0.05) is 31.6 Å². The zero-order valence-electron chi connectivity index (χ0n) is 21.6. The molecule has 0 unspecified atom stereocenters. The summed E-state index contributed by atoms with van der Waals surface area (Å²) >= 11 is 0. The molecule has 0 saturated heterocycles. The Morgan fingerprint density at radius 1 is 0.730 bits per heavy atom. The molecule has 0 aromatic heterocycles. The number of aliphatic carboxylic acids is 2. The van der Waals surface area contributed by atoms with Gasteiger partial charge in [-0.25, -0.2) is 0 Å².